The zero-order chi connectivity index (χ0) is 22.3. The monoisotopic (exact) mass is 422 g/mol. The van der Waals surface area contributed by atoms with E-state index >= 15 is 0 Å². The predicted molar refractivity (Wildman–Crippen MR) is 105 cm³/mol. The molecule has 0 radical (unpaired) electrons. The van der Waals surface area contributed by atoms with Gasteiger partial charge in [-0.2, -0.15) is 13.2 Å². The van der Waals surface area contributed by atoms with Crippen molar-refractivity contribution >= 4 is 17.3 Å². The summed E-state index contributed by atoms with van der Waals surface area (Å²) >= 11 is 0. The quantitative estimate of drug-likeness (QED) is 0.547. The highest BCUT2D eigenvalue weighted by atomic mass is 19.4. The molecule has 0 aliphatic heterocycles. The second kappa shape index (κ2) is 9.86. The first-order valence-electron chi connectivity index (χ1n) is 8.81. The van der Waals surface area contributed by atoms with E-state index in [1.165, 1.54) is 27.1 Å². The second-order valence-electron chi connectivity index (χ2n) is 6.18. The smallest absolute Gasteiger partial charge is 0.398 e. The summed E-state index contributed by atoms with van der Waals surface area (Å²) in [7, 11) is 2.80. The molecule has 0 aliphatic rings. The molecule has 1 aromatic heterocycles. The van der Waals surface area contributed by atoms with E-state index in [-0.39, 0.29) is 23.6 Å². The van der Waals surface area contributed by atoms with Gasteiger partial charge in [0.05, 0.1) is 5.71 Å². The van der Waals surface area contributed by atoms with Crippen molar-refractivity contribution < 1.29 is 27.6 Å². The molecule has 30 heavy (non-hydrogen) atoms. The van der Waals surface area contributed by atoms with Crippen molar-refractivity contribution in [2.75, 3.05) is 14.2 Å². The van der Waals surface area contributed by atoms with Crippen molar-refractivity contribution in [3.05, 3.63) is 64.5 Å². The van der Waals surface area contributed by atoms with E-state index in [9.17, 15) is 18.0 Å². The van der Waals surface area contributed by atoms with Crippen LogP contribution >= 0.6 is 0 Å². The van der Waals surface area contributed by atoms with Gasteiger partial charge in [0, 0.05) is 29.9 Å². The molecule has 0 saturated heterocycles. The van der Waals surface area contributed by atoms with Crippen molar-refractivity contribution in [3.8, 4) is 0 Å². The Morgan fingerprint density at radius 1 is 1.23 bits per heavy atom. The number of halogens is 3. The minimum atomic E-state index is -4.55. The molecule has 160 valence electrons. The van der Waals surface area contributed by atoms with Gasteiger partial charge in [0.1, 0.15) is 19.4 Å². The number of pyridine rings is 1. The third kappa shape index (κ3) is 5.56. The van der Waals surface area contributed by atoms with Gasteiger partial charge in [-0.15, -0.1) is 0 Å². The van der Waals surface area contributed by atoms with Crippen LogP contribution in [0.5, 0.6) is 0 Å². The number of amides is 1. The molecule has 1 heterocycles. The van der Waals surface area contributed by atoms with Crippen molar-refractivity contribution in [1.29, 1.82) is 0 Å². The average molecular weight is 422 g/mol. The average Bonchev–Trinajstić information content (AvgIpc) is 2.72. The van der Waals surface area contributed by atoms with Crippen molar-refractivity contribution in [2.24, 2.45) is 10.3 Å². The minimum Gasteiger partial charge on any atom is -0.398 e. The number of hydrogen-bond donors (Lipinski definition) is 1. The van der Waals surface area contributed by atoms with E-state index in [4.69, 9.17) is 9.68 Å². The van der Waals surface area contributed by atoms with Gasteiger partial charge in [-0.3, -0.25) is 9.78 Å². The van der Waals surface area contributed by atoms with E-state index in [0.29, 0.717) is 11.1 Å². The Morgan fingerprint density at radius 2 is 1.97 bits per heavy atom. The van der Waals surface area contributed by atoms with Crippen molar-refractivity contribution in [2.45, 2.75) is 26.6 Å². The predicted octanol–water partition coefficient (Wildman–Crippen LogP) is 3.45. The minimum absolute atomic E-state index is 0.0315. The maximum absolute atomic E-state index is 12.8. The number of nitrogens with zero attached hydrogens (tertiary/aromatic N) is 3. The number of aryl methyl sites for hydroxylation is 1. The molecule has 1 aromatic carbocycles. The molecule has 0 bridgehead atoms. The fourth-order valence-corrected chi connectivity index (χ4v) is 2.60. The summed E-state index contributed by atoms with van der Waals surface area (Å²) in [6.45, 7) is 3.32. The number of oxime groups is 2. The number of hydrogen-bond acceptors (Lipinski definition) is 6. The fraction of sp³-hybridized carbons (Fsp3) is 0.300. The van der Waals surface area contributed by atoms with Crippen LogP contribution < -0.4 is 5.32 Å². The van der Waals surface area contributed by atoms with Gasteiger partial charge in [0.25, 0.3) is 5.91 Å². The molecule has 0 spiro atoms. The maximum Gasteiger partial charge on any atom is 0.433 e. The van der Waals surface area contributed by atoms with E-state index in [1.807, 2.05) is 13.0 Å². The van der Waals surface area contributed by atoms with Crippen LogP contribution in [-0.4, -0.2) is 36.5 Å². The molecular weight excluding hydrogens is 401 g/mol. The van der Waals surface area contributed by atoms with Crippen LogP contribution in [0.1, 0.15) is 34.9 Å². The zero-order valence-corrected chi connectivity index (χ0v) is 16.9. The Bertz CT molecular complexity index is 972. The van der Waals surface area contributed by atoms with Crippen LogP contribution in [0.3, 0.4) is 0 Å². The topological polar surface area (TPSA) is 85.2 Å². The second-order valence-corrected chi connectivity index (χ2v) is 6.18. The number of aromatic nitrogens is 1. The van der Waals surface area contributed by atoms with Gasteiger partial charge in [0.2, 0.25) is 0 Å². The largest absolute Gasteiger partial charge is 0.433 e. The Labute approximate surface area is 171 Å². The number of carbonyl (C=O) groups excluding carboxylic acids is 1. The highest BCUT2D eigenvalue weighted by Gasteiger charge is 2.32. The third-order valence-electron chi connectivity index (χ3n) is 4.17. The number of alkyl halides is 3. The van der Waals surface area contributed by atoms with Gasteiger partial charge < -0.3 is 15.0 Å². The molecule has 2 rings (SSSR count). The molecule has 0 saturated carbocycles. The number of likely N-dealkylation sites (N-methyl/N-ethyl adjacent to an activating group) is 1. The van der Waals surface area contributed by atoms with Crippen LogP contribution in [0.25, 0.3) is 0 Å². The molecule has 1 amide bonds. The van der Waals surface area contributed by atoms with Crippen molar-refractivity contribution in [1.82, 2.24) is 10.3 Å². The van der Waals surface area contributed by atoms with E-state index in [2.05, 4.69) is 20.6 Å². The van der Waals surface area contributed by atoms with Crippen LogP contribution in [0, 0.1) is 6.92 Å². The van der Waals surface area contributed by atoms with Crippen LogP contribution in [0.15, 0.2) is 46.8 Å². The number of rotatable bonds is 7. The standard InChI is InChI=1S/C20H21F3N4O3/c1-12-6-5-7-15(18(27-29-4)19(28)24-3)16(12)11-30-26-13(2)14-8-9-25-17(10-14)20(21,22)23/h5-10H,11H2,1-4H3,(H,24,28)/b26-13+,27-18+. The first-order chi connectivity index (χ1) is 14.2. The van der Waals surface area contributed by atoms with E-state index < -0.39 is 17.8 Å². The lowest BCUT2D eigenvalue weighted by atomic mass is 9.98. The molecule has 7 nitrogen and oxygen atoms in total. The molecule has 1 N–H and O–H groups in total. The summed E-state index contributed by atoms with van der Waals surface area (Å²) in [5.41, 5.74) is 1.47. The lowest BCUT2D eigenvalue weighted by Gasteiger charge is -2.13. The lowest BCUT2D eigenvalue weighted by molar-refractivity contribution is -0.141. The summed E-state index contributed by atoms with van der Waals surface area (Å²) in [4.78, 5) is 25.6. The summed E-state index contributed by atoms with van der Waals surface area (Å²) in [5, 5.41) is 10.2. The summed E-state index contributed by atoms with van der Waals surface area (Å²) in [6.07, 6.45) is -3.49. The Hall–Kier alpha value is -3.43. The normalized spacial score (nSPS) is 12.5. The summed E-state index contributed by atoms with van der Waals surface area (Å²) < 4.78 is 38.5. The molecule has 0 atom stereocenters. The van der Waals surface area contributed by atoms with Crippen molar-refractivity contribution in [3.63, 3.8) is 0 Å². The number of benzene rings is 1. The van der Waals surface area contributed by atoms with Gasteiger partial charge in [-0.1, -0.05) is 28.5 Å². The Kier molecular flexibility index (Phi) is 7.51. The van der Waals surface area contributed by atoms with E-state index in [0.717, 1.165) is 17.8 Å². The molecular formula is C20H21F3N4O3. The molecule has 2 aromatic rings. The van der Waals surface area contributed by atoms with Gasteiger partial charge in [-0.25, -0.2) is 0 Å². The summed E-state index contributed by atoms with van der Waals surface area (Å²) in [6, 6.07) is 7.58. The SMILES string of the molecule is CNC(=O)/C(=N/OC)c1cccc(C)c1CO/N=C(\C)c1ccnc(C(F)(F)F)c1. The molecule has 0 fully saturated rings. The molecule has 10 heteroatoms. The molecule has 0 aliphatic carbocycles. The first-order valence-corrected chi connectivity index (χ1v) is 8.81. The number of carbonyl (C=O) groups is 1. The summed E-state index contributed by atoms with van der Waals surface area (Å²) in [5.74, 6) is -0.445. The Balaban J connectivity index is 2.28. The van der Waals surface area contributed by atoms with E-state index in [1.54, 1.807) is 12.1 Å². The van der Waals surface area contributed by atoms with Crippen LogP contribution in [0.2, 0.25) is 0 Å². The third-order valence-corrected chi connectivity index (χ3v) is 4.17. The maximum atomic E-state index is 12.8. The van der Waals surface area contributed by atoms with Crippen LogP contribution in [0.4, 0.5) is 13.2 Å². The highest BCUT2D eigenvalue weighted by Crippen LogP contribution is 2.27. The zero-order valence-electron chi connectivity index (χ0n) is 16.9. The van der Waals surface area contributed by atoms with Gasteiger partial charge in [0.15, 0.2) is 5.71 Å². The fourth-order valence-electron chi connectivity index (χ4n) is 2.60. The highest BCUT2D eigenvalue weighted by molar-refractivity contribution is 6.45. The van der Waals surface area contributed by atoms with Crippen LogP contribution in [-0.2, 0) is 27.3 Å². The first kappa shape index (κ1) is 22.9. The van der Waals surface area contributed by atoms with Gasteiger partial charge in [-0.05, 0) is 31.5 Å². The lowest BCUT2D eigenvalue weighted by Crippen LogP contribution is -2.29. The van der Waals surface area contributed by atoms with Gasteiger partial charge >= 0.3 is 6.18 Å². The number of nitrogens with one attached hydrogen (secondary N) is 1. The Morgan fingerprint density at radius 3 is 2.60 bits per heavy atom. The molecule has 0 unspecified atom stereocenters.